The molecule has 2 N–H and O–H groups in total. The highest BCUT2D eigenvalue weighted by Gasteiger charge is 2.30. The summed E-state index contributed by atoms with van der Waals surface area (Å²) in [7, 11) is 0. The first-order valence-corrected chi connectivity index (χ1v) is 10.3. The summed E-state index contributed by atoms with van der Waals surface area (Å²) in [6.45, 7) is 8.95. The number of aryl methyl sites for hydroxylation is 3. The molecule has 2 amide bonds. The van der Waals surface area contributed by atoms with Gasteiger partial charge in [0, 0.05) is 30.4 Å². The summed E-state index contributed by atoms with van der Waals surface area (Å²) in [6, 6.07) is 12.3. The Labute approximate surface area is 173 Å². The molecule has 0 aliphatic heterocycles. The van der Waals surface area contributed by atoms with E-state index in [1.54, 1.807) is 0 Å². The molecule has 2 aromatic rings. The normalized spacial score (nSPS) is 13.4. The molecule has 2 aromatic carbocycles. The van der Waals surface area contributed by atoms with E-state index in [0.29, 0.717) is 25.6 Å². The van der Waals surface area contributed by atoms with Crippen LogP contribution in [0.15, 0.2) is 36.4 Å². The summed E-state index contributed by atoms with van der Waals surface area (Å²) >= 11 is 0. The maximum Gasteiger partial charge on any atom is 0.238 e. The summed E-state index contributed by atoms with van der Waals surface area (Å²) < 4.78 is 0. The molecule has 0 aromatic heterocycles. The number of amides is 2. The van der Waals surface area contributed by atoms with Gasteiger partial charge in [-0.2, -0.15) is 0 Å². The molecule has 0 unspecified atom stereocenters. The number of anilines is 2. The van der Waals surface area contributed by atoms with Gasteiger partial charge in [-0.15, -0.1) is 0 Å². The predicted molar refractivity (Wildman–Crippen MR) is 118 cm³/mol. The van der Waals surface area contributed by atoms with Gasteiger partial charge in [0.15, 0.2) is 0 Å². The van der Waals surface area contributed by atoms with Gasteiger partial charge in [0.25, 0.3) is 0 Å². The lowest BCUT2D eigenvalue weighted by molar-refractivity contribution is -0.119. The van der Waals surface area contributed by atoms with E-state index in [9.17, 15) is 9.59 Å². The Bertz CT molecular complexity index is 883. The fraction of sp³-hybridized carbons (Fsp3) is 0.417. The van der Waals surface area contributed by atoms with Crippen LogP contribution in [0.2, 0.25) is 0 Å². The molecular formula is C24H31N3O2. The van der Waals surface area contributed by atoms with E-state index in [1.165, 1.54) is 0 Å². The monoisotopic (exact) mass is 393 g/mol. The molecular weight excluding hydrogens is 362 g/mol. The summed E-state index contributed by atoms with van der Waals surface area (Å²) in [6.07, 6.45) is 2.56. The molecule has 3 rings (SSSR count). The van der Waals surface area contributed by atoms with Gasteiger partial charge in [0.1, 0.15) is 0 Å². The van der Waals surface area contributed by atoms with Gasteiger partial charge in [0.05, 0.1) is 6.54 Å². The van der Waals surface area contributed by atoms with Gasteiger partial charge in [-0.3, -0.25) is 14.5 Å². The van der Waals surface area contributed by atoms with Crippen molar-refractivity contribution in [3.8, 4) is 0 Å². The summed E-state index contributed by atoms with van der Waals surface area (Å²) in [5, 5.41) is 6.06. The topological polar surface area (TPSA) is 61.4 Å². The Morgan fingerprint density at radius 3 is 2.17 bits per heavy atom. The number of para-hydroxylation sites is 1. The van der Waals surface area contributed by atoms with Crippen LogP contribution in [-0.2, 0) is 9.59 Å². The van der Waals surface area contributed by atoms with Crippen LogP contribution >= 0.6 is 0 Å². The molecule has 5 nitrogen and oxygen atoms in total. The van der Waals surface area contributed by atoms with Crippen LogP contribution in [0.5, 0.6) is 0 Å². The van der Waals surface area contributed by atoms with Gasteiger partial charge in [-0.05, 0) is 68.9 Å². The second-order valence-electron chi connectivity index (χ2n) is 8.06. The molecule has 0 saturated heterocycles. The quantitative estimate of drug-likeness (QED) is 0.701. The fourth-order valence-electron chi connectivity index (χ4n) is 3.55. The van der Waals surface area contributed by atoms with E-state index in [-0.39, 0.29) is 11.8 Å². The van der Waals surface area contributed by atoms with Gasteiger partial charge >= 0.3 is 0 Å². The Kier molecular flexibility index (Phi) is 6.70. The third-order valence-electron chi connectivity index (χ3n) is 5.66. The van der Waals surface area contributed by atoms with Crippen molar-refractivity contribution in [3.63, 3.8) is 0 Å². The lowest BCUT2D eigenvalue weighted by Crippen LogP contribution is -2.37. The maximum atomic E-state index is 12.6. The van der Waals surface area contributed by atoms with E-state index in [2.05, 4.69) is 15.5 Å². The van der Waals surface area contributed by atoms with Crippen molar-refractivity contribution in [2.45, 2.75) is 53.0 Å². The van der Waals surface area contributed by atoms with Crippen molar-refractivity contribution < 1.29 is 9.59 Å². The largest absolute Gasteiger partial charge is 0.326 e. The Morgan fingerprint density at radius 1 is 0.897 bits per heavy atom. The number of hydrogen-bond donors (Lipinski definition) is 2. The van der Waals surface area contributed by atoms with E-state index >= 15 is 0 Å². The predicted octanol–water partition coefficient (Wildman–Crippen LogP) is 4.35. The molecule has 5 heteroatoms. The summed E-state index contributed by atoms with van der Waals surface area (Å²) in [5.41, 5.74) is 6.12. The molecule has 0 spiro atoms. The summed E-state index contributed by atoms with van der Waals surface area (Å²) in [4.78, 5) is 27.2. The minimum atomic E-state index is -0.0239. The van der Waals surface area contributed by atoms with Crippen LogP contribution in [0.4, 0.5) is 11.4 Å². The maximum absolute atomic E-state index is 12.6. The van der Waals surface area contributed by atoms with Crippen molar-refractivity contribution in [3.05, 3.63) is 58.7 Å². The van der Waals surface area contributed by atoms with Crippen molar-refractivity contribution in [1.82, 2.24) is 4.90 Å². The first-order chi connectivity index (χ1) is 13.8. The third-order valence-corrected chi connectivity index (χ3v) is 5.66. The number of hydrogen-bond acceptors (Lipinski definition) is 3. The van der Waals surface area contributed by atoms with E-state index in [1.807, 2.05) is 64.1 Å². The van der Waals surface area contributed by atoms with Crippen LogP contribution in [0.1, 0.15) is 41.5 Å². The molecule has 0 bridgehead atoms. The smallest absolute Gasteiger partial charge is 0.238 e. The summed E-state index contributed by atoms with van der Waals surface area (Å²) in [5.74, 6) is -0.0382. The van der Waals surface area contributed by atoms with Crippen LogP contribution < -0.4 is 10.6 Å². The van der Waals surface area contributed by atoms with Gasteiger partial charge in [-0.1, -0.05) is 30.3 Å². The molecule has 0 radical (unpaired) electrons. The van der Waals surface area contributed by atoms with Crippen LogP contribution in [0.25, 0.3) is 0 Å². The number of nitrogens with zero attached hydrogens (tertiary/aromatic N) is 1. The number of rotatable bonds is 8. The number of benzene rings is 2. The molecule has 1 aliphatic rings. The first kappa shape index (κ1) is 21.1. The zero-order chi connectivity index (χ0) is 21.0. The molecule has 0 atom stereocenters. The fourth-order valence-corrected chi connectivity index (χ4v) is 3.55. The molecule has 29 heavy (non-hydrogen) atoms. The average Bonchev–Trinajstić information content (AvgIpc) is 3.51. The van der Waals surface area contributed by atoms with Crippen LogP contribution in [0.3, 0.4) is 0 Å². The van der Waals surface area contributed by atoms with Crippen molar-refractivity contribution in [2.75, 3.05) is 23.7 Å². The van der Waals surface area contributed by atoms with E-state index < -0.39 is 0 Å². The van der Waals surface area contributed by atoms with Crippen molar-refractivity contribution >= 4 is 23.2 Å². The van der Waals surface area contributed by atoms with E-state index in [0.717, 1.165) is 46.5 Å². The lowest BCUT2D eigenvalue weighted by atomic mass is 10.1. The standard InChI is InChI=1S/C24H31N3O2/c1-16-7-6-10-21(19(16)4)25-22(28)13-14-27(20-11-12-20)15-23(29)26-24-17(2)8-5-9-18(24)3/h5-10,20H,11-15H2,1-4H3,(H,25,28)(H,26,29). The lowest BCUT2D eigenvalue weighted by Gasteiger charge is -2.22. The number of nitrogens with one attached hydrogen (secondary N) is 2. The van der Waals surface area contributed by atoms with Gasteiger partial charge in [-0.25, -0.2) is 0 Å². The highest BCUT2D eigenvalue weighted by Crippen LogP contribution is 2.27. The molecule has 1 saturated carbocycles. The van der Waals surface area contributed by atoms with Crippen molar-refractivity contribution in [1.29, 1.82) is 0 Å². The van der Waals surface area contributed by atoms with E-state index in [4.69, 9.17) is 0 Å². The molecule has 1 aliphatic carbocycles. The molecule has 154 valence electrons. The Hall–Kier alpha value is -2.66. The second kappa shape index (κ2) is 9.23. The van der Waals surface area contributed by atoms with Crippen LogP contribution in [0, 0.1) is 27.7 Å². The molecule has 0 heterocycles. The highest BCUT2D eigenvalue weighted by molar-refractivity contribution is 5.94. The Morgan fingerprint density at radius 2 is 1.52 bits per heavy atom. The highest BCUT2D eigenvalue weighted by atomic mass is 16.2. The second-order valence-corrected chi connectivity index (χ2v) is 8.06. The third kappa shape index (κ3) is 5.67. The SMILES string of the molecule is Cc1cccc(NC(=O)CCN(CC(=O)Nc2c(C)cccc2C)C2CC2)c1C. The average molecular weight is 394 g/mol. The first-order valence-electron chi connectivity index (χ1n) is 10.3. The van der Waals surface area contributed by atoms with Crippen LogP contribution in [-0.4, -0.2) is 35.8 Å². The van der Waals surface area contributed by atoms with Gasteiger partial charge in [0.2, 0.25) is 11.8 Å². The minimum absolute atomic E-state index is 0.0143. The van der Waals surface area contributed by atoms with Gasteiger partial charge < -0.3 is 10.6 Å². The zero-order valence-corrected chi connectivity index (χ0v) is 17.8. The Balaban J connectivity index is 1.54. The minimum Gasteiger partial charge on any atom is -0.326 e. The number of carbonyl (C=O) groups is 2. The zero-order valence-electron chi connectivity index (χ0n) is 17.8. The number of carbonyl (C=O) groups excluding carboxylic acids is 2. The molecule has 1 fully saturated rings. The van der Waals surface area contributed by atoms with Crippen molar-refractivity contribution in [2.24, 2.45) is 0 Å².